The SMILES string of the molecule is F[C@H]1CCNC[C@@H]1Nc1cccc(-c2cnc3ccc(C4(C(F)(F)F)CC4)cn23)n1. The highest BCUT2D eigenvalue weighted by molar-refractivity contribution is 5.62. The highest BCUT2D eigenvalue weighted by Gasteiger charge is 2.64. The predicted octanol–water partition coefficient (Wildman–Crippen LogP) is 4.10. The van der Waals surface area contributed by atoms with Crippen LogP contribution in [0.2, 0.25) is 0 Å². The molecule has 1 saturated carbocycles. The number of hydrogen-bond acceptors (Lipinski definition) is 4. The fourth-order valence-corrected chi connectivity index (χ4v) is 4.13. The van der Waals surface area contributed by atoms with Gasteiger partial charge in [0.2, 0.25) is 0 Å². The van der Waals surface area contributed by atoms with Crippen molar-refractivity contribution in [3.8, 4) is 11.4 Å². The number of aromatic nitrogens is 3. The van der Waals surface area contributed by atoms with E-state index in [4.69, 9.17) is 0 Å². The Labute approximate surface area is 170 Å². The Balaban J connectivity index is 1.49. The van der Waals surface area contributed by atoms with Crippen molar-refractivity contribution in [3.05, 3.63) is 48.3 Å². The summed E-state index contributed by atoms with van der Waals surface area (Å²) in [5.74, 6) is 0.518. The van der Waals surface area contributed by atoms with Crippen LogP contribution in [0.4, 0.5) is 23.4 Å². The van der Waals surface area contributed by atoms with Crippen molar-refractivity contribution in [1.82, 2.24) is 19.7 Å². The van der Waals surface area contributed by atoms with Gasteiger partial charge in [-0.25, -0.2) is 14.4 Å². The monoisotopic (exact) mass is 419 g/mol. The Kier molecular flexibility index (Phi) is 4.46. The van der Waals surface area contributed by atoms with E-state index in [-0.39, 0.29) is 24.4 Å². The number of nitrogens with zero attached hydrogens (tertiary/aromatic N) is 3. The first-order chi connectivity index (χ1) is 14.4. The predicted molar refractivity (Wildman–Crippen MR) is 105 cm³/mol. The normalized spacial score (nSPS) is 23.5. The maximum atomic E-state index is 14.1. The molecule has 9 heteroatoms. The quantitative estimate of drug-likeness (QED) is 0.626. The molecule has 3 aromatic rings. The molecule has 0 unspecified atom stereocenters. The Bertz CT molecular complexity index is 1070. The topological polar surface area (TPSA) is 54.2 Å². The van der Waals surface area contributed by atoms with E-state index < -0.39 is 17.8 Å². The summed E-state index contributed by atoms with van der Waals surface area (Å²) in [7, 11) is 0. The molecule has 1 aliphatic heterocycles. The maximum absolute atomic E-state index is 14.1. The molecule has 0 radical (unpaired) electrons. The van der Waals surface area contributed by atoms with Crippen LogP contribution in [0.15, 0.2) is 42.7 Å². The second-order valence-electron chi connectivity index (χ2n) is 8.04. The van der Waals surface area contributed by atoms with Crippen molar-refractivity contribution in [3.63, 3.8) is 0 Å². The maximum Gasteiger partial charge on any atom is 0.398 e. The molecular weight excluding hydrogens is 398 g/mol. The minimum Gasteiger partial charge on any atom is -0.363 e. The van der Waals surface area contributed by atoms with E-state index in [2.05, 4.69) is 20.6 Å². The molecule has 1 aliphatic carbocycles. The van der Waals surface area contributed by atoms with Crippen LogP contribution in [0.3, 0.4) is 0 Å². The standard InChI is InChI=1S/C21H21F4N5/c22-14-6-9-26-10-16(14)29-18-3-1-2-15(28-18)17-11-27-19-5-4-13(12-30(17)19)20(7-8-20)21(23,24)25/h1-5,11-12,14,16,26H,6-10H2,(H,28,29)/t14-,16-/m0/s1. The molecule has 0 amide bonds. The minimum atomic E-state index is -4.28. The van der Waals surface area contributed by atoms with Crippen molar-refractivity contribution in [2.75, 3.05) is 18.4 Å². The summed E-state index contributed by atoms with van der Waals surface area (Å²) in [6, 6.07) is 8.04. The third-order valence-corrected chi connectivity index (χ3v) is 6.09. The zero-order chi connectivity index (χ0) is 20.9. The zero-order valence-corrected chi connectivity index (χ0v) is 16.1. The molecule has 5 nitrogen and oxygen atoms in total. The van der Waals surface area contributed by atoms with E-state index >= 15 is 0 Å². The van der Waals surface area contributed by atoms with Crippen LogP contribution in [0.25, 0.3) is 17.0 Å². The van der Waals surface area contributed by atoms with Gasteiger partial charge in [0.25, 0.3) is 0 Å². The number of nitrogens with one attached hydrogen (secondary N) is 2. The second kappa shape index (κ2) is 6.94. The Morgan fingerprint density at radius 2 is 2.00 bits per heavy atom. The van der Waals surface area contributed by atoms with Crippen LogP contribution in [-0.4, -0.2) is 45.8 Å². The molecule has 2 aliphatic rings. The number of imidazole rings is 1. The van der Waals surface area contributed by atoms with Crippen LogP contribution >= 0.6 is 0 Å². The molecule has 5 rings (SSSR count). The van der Waals surface area contributed by atoms with Crippen LogP contribution in [0.5, 0.6) is 0 Å². The second-order valence-corrected chi connectivity index (χ2v) is 8.04. The average molecular weight is 419 g/mol. The van der Waals surface area contributed by atoms with E-state index in [1.165, 1.54) is 12.3 Å². The van der Waals surface area contributed by atoms with Gasteiger partial charge in [-0.3, -0.25) is 4.40 Å². The van der Waals surface area contributed by atoms with Gasteiger partial charge in [-0.2, -0.15) is 13.2 Å². The molecule has 2 N–H and O–H groups in total. The first-order valence-corrected chi connectivity index (χ1v) is 10.0. The van der Waals surface area contributed by atoms with Gasteiger partial charge < -0.3 is 10.6 Å². The van der Waals surface area contributed by atoms with Gasteiger partial charge >= 0.3 is 6.18 Å². The van der Waals surface area contributed by atoms with Gasteiger partial charge in [-0.15, -0.1) is 0 Å². The highest BCUT2D eigenvalue weighted by atomic mass is 19.4. The smallest absolute Gasteiger partial charge is 0.363 e. The molecule has 0 bridgehead atoms. The van der Waals surface area contributed by atoms with Crippen LogP contribution in [-0.2, 0) is 5.41 Å². The van der Waals surface area contributed by atoms with Crippen molar-refractivity contribution in [2.24, 2.45) is 0 Å². The number of piperidine rings is 1. The van der Waals surface area contributed by atoms with Crippen LogP contribution in [0, 0.1) is 0 Å². The third kappa shape index (κ3) is 3.21. The summed E-state index contributed by atoms with van der Waals surface area (Å²) in [6.07, 6.45) is -1.49. The average Bonchev–Trinajstić information content (AvgIpc) is 3.44. The van der Waals surface area contributed by atoms with Crippen molar-refractivity contribution in [1.29, 1.82) is 0 Å². The Morgan fingerprint density at radius 3 is 2.73 bits per heavy atom. The molecular formula is C21H21F4N5. The van der Waals surface area contributed by atoms with Gasteiger partial charge in [-0.05, 0) is 49.6 Å². The number of alkyl halides is 4. The molecule has 3 aromatic heterocycles. The molecule has 1 saturated heterocycles. The highest BCUT2D eigenvalue weighted by Crippen LogP contribution is 2.58. The fraction of sp³-hybridized carbons (Fsp3) is 0.429. The molecule has 2 fully saturated rings. The largest absolute Gasteiger partial charge is 0.398 e. The first-order valence-electron chi connectivity index (χ1n) is 10.0. The van der Waals surface area contributed by atoms with Gasteiger partial charge in [-0.1, -0.05) is 12.1 Å². The van der Waals surface area contributed by atoms with E-state index in [9.17, 15) is 17.6 Å². The van der Waals surface area contributed by atoms with E-state index in [0.29, 0.717) is 42.4 Å². The van der Waals surface area contributed by atoms with E-state index in [1.54, 1.807) is 34.9 Å². The van der Waals surface area contributed by atoms with Gasteiger partial charge in [0, 0.05) is 12.7 Å². The minimum absolute atomic E-state index is 0.101. The van der Waals surface area contributed by atoms with Gasteiger partial charge in [0.15, 0.2) is 0 Å². The fourth-order valence-electron chi connectivity index (χ4n) is 4.13. The summed E-state index contributed by atoms with van der Waals surface area (Å²) < 4.78 is 56.5. The summed E-state index contributed by atoms with van der Waals surface area (Å²) in [6.45, 7) is 1.15. The summed E-state index contributed by atoms with van der Waals surface area (Å²) in [4.78, 5) is 8.87. The molecule has 4 heterocycles. The van der Waals surface area contributed by atoms with Crippen LogP contribution in [0.1, 0.15) is 24.8 Å². The summed E-state index contributed by atoms with van der Waals surface area (Å²) in [5, 5.41) is 6.27. The Hall–Kier alpha value is -2.68. The number of hydrogen-bond donors (Lipinski definition) is 2. The lowest BCUT2D eigenvalue weighted by molar-refractivity contribution is -0.160. The van der Waals surface area contributed by atoms with Gasteiger partial charge in [0.1, 0.15) is 17.6 Å². The first kappa shape index (κ1) is 19.3. The summed E-state index contributed by atoms with van der Waals surface area (Å²) in [5.41, 5.74) is 0.174. The van der Waals surface area contributed by atoms with Crippen LogP contribution < -0.4 is 10.6 Å². The Morgan fingerprint density at radius 1 is 1.17 bits per heavy atom. The third-order valence-electron chi connectivity index (χ3n) is 6.09. The van der Waals surface area contributed by atoms with E-state index in [0.717, 1.165) is 0 Å². The van der Waals surface area contributed by atoms with Crippen molar-refractivity contribution >= 4 is 11.5 Å². The lowest BCUT2D eigenvalue weighted by atomic mass is 9.97. The van der Waals surface area contributed by atoms with Crippen molar-refractivity contribution < 1.29 is 17.6 Å². The zero-order valence-electron chi connectivity index (χ0n) is 16.1. The lowest BCUT2D eigenvalue weighted by Gasteiger charge is -2.28. The molecule has 0 spiro atoms. The number of halogens is 4. The van der Waals surface area contributed by atoms with Gasteiger partial charge in [0.05, 0.1) is 29.0 Å². The number of rotatable bonds is 4. The number of fused-ring (bicyclic) bond motifs is 1. The molecule has 158 valence electrons. The molecule has 30 heavy (non-hydrogen) atoms. The molecule has 0 aromatic carbocycles. The van der Waals surface area contributed by atoms with E-state index in [1.807, 2.05) is 0 Å². The lowest BCUT2D eigenvalue weighted by Crippen LogP contribution is -2.46. The number of anilines is 1. The van der Waals surface area contributed by atoms with Crippen molar-refractivity contribution in [2.45, 2.75) is 43.1 Å². The molecule has 2 atom stereocenters. The summed E-state index contributed by atoms with van der Waals surface area (Å²) >= 11 is 0. The number of pyridine rings is 2.